The number of nitrogen functional groups attached to an aromatic ring is 1. The molecular formula is C14H16N2O3. The molecule has 2 unspecified atom stereocenters. The summed E-state index contributed by atoms with van der Waals surface area (Å²) in [4.78, 5) is 23.2. The van der Waals surface area contributed by atoms with Crippen molar-refractivity contribution in [3.8, 4) is 0 Å². The zero-order chi connectivity index (χ0) is 13.6. The minimum Gasteiger partial charge on any atom is -0.478 e. The van der Waals surface area contributed by atoms with Crippen molar-refractivity contribution in [2.24, 2.45) is 17.8 Å². The van der Waals surface area contributed by atoms with Crippen LogP contribution in [0.5, 0.6) is 0 Å². The fraction of sp³-hybridized carbons (Fsp3) is 0.429. The molecule has 2 atom stereocenters. The van der Waals surface area contributed by atoms with Gasteiger partial charge in [0, 0.05) is 11.6 Å². The van der Waals surface area contributed by atoms with E-state index in [9.17, 15) is 9.59 Å². The zero-order valence-electron chi connectivity index (χ0n) is 10.4. The molecule has 1 amide bonds. The van der Waals surface area contributed by atoms with E-state index < -0.39 is 5.97 Å². The van der Waals surface area contributed by atoms with Crippen LogP contribution in [-0.2, 0) is 4.79 Å². The Hall–Kier alpha value is -2.04. The van der Waals surface area contributed by atoms with Crippen LogP contribution in [0.4, 0.5) is 11.4 Å². The molecule has 0 spiro atoms. The highest BCUT2D eigenvalue weighted by Gasteiger charge is 2.48. The fourth-order valence-corrected chi connectivity index (χ4v) is 3.01. The van der Waals surface area contributed by atoms with Crippen LogP contribution in [0.15, 0.2) is 18.2 Å². The second kappa shape index (κ2) is 4.26. The first-order chi connectivity index (χ1) is 9.04. The molecule has 2 fully saturated rings. The molecule has 5 nitrogen and oxygen atoms in total. The lowest BCUT2D eigenvalue weighted by Crippen LogP contribution is -2.23. The van der Waals surface area contributed by atoms with E-state index in [0.29, 0.717) is 11.4 Å². The SMILES string of the molecule is Nc1ccc(NC(=O)C2CC3CC3C2)c(C(=O)O)c1. The van der Waals surface area contributed by atoms with Gasteiger partial charge in [0.15, 0.2) is 0 Å². The fourth-order valence-electron chi connectivity index (χ4n) is 3.01. The van der Waals surface area contributed by atoms with Crippen LogP contribution < -0.4 is 11.1 Å². The maximum absolute atomic E-state index is 12.1. The summed E-state index contributed by atoms with van der Waals surface area (Å²) in [5.74, 6) is 0.321. The highest BCUT2D eigenvalue weighted by atomic mass is 16.4. The number of anilines is 2. The molecule has 5 heteroatoms. The molecule has 0 radical (unpaired) electrons. The van der Waals surface area contributed by atoms with E-state index in [1.807, 2.05) is 0 Å². The molecule has 0 saturated heterocycles. The molecule has 0 heterocycles. The highest BCUT2D eigenvalue weighted by molar-refractivity contribution is 6.02. The van der Waals surface area contributed by atoms with Gasteiger partial charge in [0.1, 0.15) is 0 Å². The number of carbonyl (C=O) groups is 2. The Morgan fingerprint density at radius 1 is 1.21 bits per heavy atom. The Morgan fingerprint density at radius 3 is 2.53 bits per heavy atom. The van der Waals surface area contributed by atoms with E-state index in [0.717, 1.165) is 24.7 Å². The molecule has 2 aliphatic carbocycles. The largest absolute Gasteiger partial charge is 0.478 e. The van der Waals surface area contributed by atoms with Crippen molar-refractivity contribution < 1.29 is 14.7 Å². The van der Waals surface area contributed by atoms with Crippen LogP contribution in [-0.4, -0.2) is 17.0 Å². The molecular weight excluding hydrogens is 244 g/mol. The number of carboxylic acids is 1. The minimum atomic E-state index is -1.09. The van der Waals surface area contributed by atoms with Crippen molar-refractivity contribution >= 4 is 23.3 Å². The number of fused-ring (bicyclic) bond motifs is 1. The second-order valence-electron chi connectivity index (χ2n) is 5.52. The van der Waals surface area contributed by atoms with Crippen molar-refractivity contribution in [2.45, 2.75) is 19.3 Å². The Bertz CT molecular complexity index is 546. The average molecular weight is 260 g/mol. The molecule has 1 aromatic rings. The molecule has 2 saturated carbocycles. The number of aromatic carboxylic acids is 1. The van der Waals surface area contributed by atoms with Crippen molar-refractivity contribution in [1.82, 2.24) is 0 Å². The van der Waals surface area contributed by atoms with Crippen molar-refractivity contribution in [3.05, 3.63) is 23.8 Å². The lowest BCUT2D eigenvalue weighted by molar-refractivity contribution is -0.120. The maximum Gasteiger partial charge on any atom is 0.337 e. The van der Waals surface area contributed by atoms with E-state index in [1.165, 1.54) is 12.5 Å². The first-order valence-electron chi connectivity index (χ1n) is 6.48. The quantitative estimate of drug-likeness (QED) is 0.724. The summed E-state index contributed by atoms with van der Waals surface area (Å²) >= 11 is 0. The Kier molecular flexibility index (Phi) is 2.69. The molecule has 3 rings (SSSR count). The van der Waals surface area contributed by atoms with Crippen LogP contribution in [0.3, 0.4) is 0 Å². The third-order valence-corrected chi connectivity index (χ3v) is 4.15. The Labute approximate surface area is 110 Å². The predicted molar refractivity (Wildman–Crippen MR) is 70.8 cm³/mol. The number of carboxylic acid groups (broad SMARTS) is 1. The van der Waals surface area contributed by atoms with E-state index in [-0.39, 0.29) is 17.4 Å². The number of nitrogens with one attached hydrogen (secondary N) is 1. The lowest BCUT2D eigenvalue weighted by atomic mass is 10.0. The van der Waals surface area contributed by atoms with Crippen LogP contribution in [0.1, 0.15) is 29.6 Å². The lowest BCUT2D eigenvalue weighted by Gasteiger charge is -2.14. The number of amides is 1. The van der Waals surface area contributed by atoms with E-state index in [2.05, 4.69) is 5.32 Å². The van der Waals surface area contributed by atoms with Gasteiger partial charge in [0.05, 0.1) is 11.3 Å². The average Bonchev–Trinajstić information content (AvgIpc) is 2.98. The van der Waals surface area contributed by atoms with Crippen LogP contribution >= 0.6 is 0 Å². The number of hydrogen-bond acceptors (Lipinski definition) is 3. The van der Waals surface area contributed by atoms with Gasteiger partial charge in [-0.2, -0.15) is 0 Å². The third-order valence-electron chi connectivity index (χ3n) is 4.15. The van der Waals surface area contributed by atoms with E-state index in [1.54, 1.807) is 12.1 Å². The molecule has 2 aliphatic rings. The van der Waals surface area contributed by atoms with Crippen LogP contribution in [0.2, 0.25) is 0 Å². The number of rotatable bonds is 3. The van der Waals surface area contributed by atoms with Crippen LogP contribution in [0.25, 0.3) is 0 Å². The molecule has 0 aromatic heterocycles. The minimum absolute atomic E-state index is 0.0305. The smallest absolute Gasteiger partial charge is 0.337 e. The van der Waals surface area contributed by atoms with Crippen LogP contribution in [0, 0.1) is 17.8 Å². The summed E-state index contributed by atoms with van der Waals surface area (Å²) in [6, 6.07) is 4.50. The van der Waals surface area contributed by atoms with Gasteiger partial charge in [-0.1, -0.05) is 0 Å². The van der Waals surface area contributed by atoms with E-state index >= 15 is 0 Å². The normalized spacial score (nSPS) is 27.7. The summed E-state index contributed by atoms with van der Waals surface area (Å²) in [7, 11) is 0. The summed E-state index contributed by atoms with van der Waals surface area (Å²) in [6.07, 6.45) is 3.13. The summed E-state index contributed by atoms with van der Waals surface area (Å²) in [5, 5.41) is 11.8. The first kappa shape index (κ1) is 12.0. The van der Waals surface area contributed by atoms with Crippen molar-refractivity contribution in [2.75, 3.05) is 11.1 Å². The van der Waals surface area contributed by atoms with E-state index in [4.69, 9.17) is 10.8 Å². The van der Waals surface area contributed by atoms with Gasteiger partial charge in [-0.25, -0.2) is 4.79 Å². The molecule has 100 valence electrons. The van der Waals surface area contributed by atoms with Gasteiger partial charge in [-0.05, 0) is 49.3 Å². The molecule has 1 aromatic carbocycles. The van der Waals surface area contributed by atoms with Gasteiger partial charge >= 0.3 is 5.97 Å². The number of nitrogens with two attached hydrogens (primary N) is 1. The Balaban J connectivity index is 1.75. The van der Waals surface area contributed by atoms with Gasteiger partial charge in [0.2, 0.25) is 5.91 Å². The topological polar surface area (TPSA) is 92.4 Å². The van der Waals surface area contributed by atoms with Gasteiger partial charge < -0.3 is 16.2 Å². The standard InChI is InChI=1S/C14H16N2O3/c15-10-1-2-12(11(6-10)14(18)19)16-13(17)9-4-7-3-8(7)5-9/h1-2,6-9H,3-5,15H2,(H,16,17)(H,18,19). The molecule has 0 bridgehead atoms. The first-order valence-corrected chi connectivity index (χ1v) is 6.48. The predicted octanol–water partition coefficient (Wildman–Crippen LogP) is 1.95. The molecule has 19 heavy (non-hydrogen) atoms. The number of carbonyl (C=O) groups excluding carboxylic acids is 1. The summed E-state index contributed by atoms with van der Waals surface area (Å²) in [5.41, 5.74) is 6.30. The molecule has 0 aliphatic heterocycles. The van der Waals surface area contributed by atoms with Gasteiger partial charge in [0.25, 0.3) is 0 Å². The zero-order valence-corrected chi connectivity index (χ0v) is 10.4. The van der Waals surface area contributed by atoms with Gasteiger partial charge in [-0.3, -0.25) is 4.79 Å². The monoisotopic (exact) mass is 260 g/mol. The van der Waals surface area contributed by atoms with Gasteiger partial charge in [-0.15, -0.1) is 0 Å². The summed E-state index contributed by atoms with van der Waals surface area (Å²) in [6.45, 7) is 0. The van der Waals surface area contributed by atoms with Crippen molar-refractivity contribution in [1.29, 1.82) is 0 Å². The number of benzene rings is 1. The Morgan fingerprint density at radius 2 is 1.89 bits per heavy atom. The number of hydrogen-bond donors (Lipinski definition) is 3. The highest BCUT2D eigenvalue weighted by Crippen LogP contribution is 2.54. The molecule has 4 N–H and O–H groups in total. The maximum atomic E-state index is 12.1. The van der Waals surface area contributed by atoms with Crippen molar-refractivity contribution in [3.63, 3.8) is 0 Å². The summed E-state index contributed by atoms with van der Waals surface area (Å²) < 4.78 is 0. The second-order valence-corrected chi connectivity index (χ2v) is 5.52. The third kappa shape index (κ3) is 2.28.